The standard InChI is InChI=1S/C14H15O7P/c15-10-4-1-9(2-5-10)3-6-12-13(17)7-11(16)8-14(12)21-22(18,19)20/h1-2,4-5,7-8,15-17H,3,6H2,(H2,18,19,20). The average Bonchev–Trinajstić information content (AvgIpc) is 2.37. The Kier molecular flexibility index (Phi) is 4.61. The predicted molar refractivity (Wildman–Crippen MR) is 78.0 cm³/mol. The lowest BCUT2D eigenvalue weighted by Gasteiger charge is -2.14. The van der Waals surface area contributed by atoms with E-state index in [0.29, 0.717) is 6.42 Å². The Hall–Kier alpha value is -2.21. The highest BCUT2D eigenvalue weighted by molar-refractivity contribution is 7.46. The molecule has 0 aliphatic rings. The minimum atomic E-state index is -4.81. The van der Waals surface area contributed by atoms with E-state index in [1.54, 1.807) is 12.1 Å². The van der Waals surface area contributed by atoms with Crippen molar-refractivity contribution in [1.29, 1.82) is 0 Å². The molecule has 0 fully saturated rings. The van der Waals surface area contributed by atoms with E-state index in [-0.39, 0.29) is 35.0 Å². The van der Waals surface area contributed by atoms with E-state index >= 15 is 0 Å². The molecule has 5 N–H and O–H groups in total. The summed E-state index contributed by atoms with van der Waals surface area (Å²) in [5.74, 6) is -0.831. The lowest BCUT2D eigenvalue weighted by Crippen LogP contribution is -1.98. The first kappa shape index (κ1) is 16.2. The second-order valence-electron chi connectivity index (χ2n) is 4.69. The van der Waals surface area contributed by atoms with Crippen molar-refractivity contribution >= 4 is 7.82 Å². The van der Waals surface area contributed by atoms with Crippen molar-refractivity contribution in [3.05, 3.63) is 47.5 Å². The fourth-order valence-corrected chi connectivity index (χ4v) is 2.43. The molecule has 0 spiro atoms. The van der Waals surface area contributed by atoms with Crippen LogP contribution in [0.15, 0.2) is 36.4 Å². The Morgan fingerprint density at radius 1 is 0.909 bits per heavy atom. The normalized spacial score (nSPS) is 11.4. The molecule has 7 nitrogen and oxygen atoms in total. The topological polar surface area (TPSA) is 127 Å². The highest BCUT2D eigenvalue weighted by Crippen LogP contribution is 2.43. The van der Waals surface area contributed by atoms with E-state index in [1.165, 1.54) is 12.1 Å². The van der Waals surface area contributed by atoms with Crippen molar-refractivity contribution in [3.63, 3.8) is 0 Å². The van der Waals surface area contributed by atoms with Crippen molar-refractivity contribution < 1.29 is 34.2 Å². The molecular weight excluding hydrogens is 311 g/mol. The van der Waals surface area contributed by atoms with E-state index < -0.39 is 7.82 Å². The van der Waals surface area contributed by atoms with Crippen LogP contribution in [-0.2, 0) is 17.4 Å². The van der Waals surface area contributed by atoms with Gasteiger partial charge in [-0.25, -0.2) is 4.57 Å². The second kappa shape index (κ2) is 6.27. The van der Waals surface area contributed by atoms with E-state index in [0.717, 1.165) is 17.7 Å². The highest BCUT2D eigenvalue weighted by atomic mass is 31.2. The molecular formula is C14H15O7P. The van der Waals surface area contributed by atoms with E-state index in [2.05, 4.69) is 4.52 Å². The van der Waals surface area contributed by atoms with Gasteiger partial charge in [-0.3, -0.25) is 9.79 Å². The molecule has 0 amide bonds. The third kappa shape index (κ3) is 4.39. The van der Waals surface area contributed by atoms with E-state index in [9.17, 15) is 19.9 Å². The first-order chi connectivity index (χ1) is 10.2. The maximum atomic E-state index is 11.0. The van der Waals surface area contributed by atoms with Gasteiger partial charge in [0, 0.05) is 17.7 Å². The number of aryl methyl sites for hydroxylation is 1. The molecule has 0 atom stereocenters. The Balaban J connectivity index is 2.25. The number of phosphoric ester groups is 1. The van der Waals surface area contributed by atoms with Crippen LogP contribution >= 0.6 is 7.82 Å². The van der Waals surface area contributed by atoms with Gasteiger partial charge >= 0.3 is 7.82 Å². The first-order valence-corrected chi connectivity index (χ1v) is 7.85. The van der Waals surface area contributed by atoms with Gasteiger partial charge in [0.15, 0.2) is 0 Å². The van der Waals surface area contributed by atoms with Gasteiger partial charge in [0.1, 0.15) is 23.0 Å². The number of rotatable bonds is 5. The van der Waals surface area contributed by atoms with Gasteiger partial charge in [-0.05, 0) is 30.5 Å². The average molecular weight is 326 g/mol. The zero-order valence-electron chi connectivity index (χ0n) is 11.4. The number of hydrogen-bond acceptors (Lipinski definition) is 5. The largest absolute Gasteiger partial charge is 0.524 e. The molecule has 0 saturated carbocycles. The minimum absolute atomic E-state index is 0.127. The van der Waals surface area contributed by atoms with E-state index in [4.69, 9.17) is 9.79 Å². The summed E-state index contributed by atoms with van der Waals surface area (Å²) in [4.78, 5) is 17.8. The zero-order chi connectivity index (χ0) is 16.3. The third-order valence-electron chi connectivity index (χ3n) is 2.99. The molecule has 0 saturated heterocycles. The Labute approximate surface area is 126 Å². The van der Waals surface area contributed by atoms with Crippen LogP contribution < -0.4 is 4.52 Å². The first-order valence-electron chi connectivity index (χ1n) is 6.32. The fraction of sp³-hybridized carbons (Fsp3) is 0.143. The van der Waals surface area contributed by atoms with Crippen molar-refractivity contribution in [2.24, 2.45) is 0 Å². The summed E-state index contributed by atoms with van der Waals surface area (Å²) in [5, 5.41) is 28.5. The van der Waals surface area contributed by atoms with Crippen molar-refractivity contribution in [2.75, 3.05) is 0 Å². The molecule has 0 bridgehead atoms. The molecule has 0 radical (unpaired) electrons. The Bertz CT molecular complexity index is 706. The summed E-state index contributed by atoms with van der Waals surface area (Å²) in [6.45, 7) is 0. The number of phenols is 3. The lowest BCUT2D eigenvalue weighted by atomic mass is 10.0. The lowest BCUT2D eigenvalue weighted by molar-refractivity contribution is 0.281. The molecule has 2 aromatic rings. The van der Waals surface area contributed by atoms with Gasteiger partial charge < -0.3 is 19.8 Å². The molecule has 2 aromatic carbocycles. The fourth-order valence-electron chi connectivity index (χ4n) is 2.01. The highest BCUT2D eigenvalue weighted by Gasteiger charge is 2.21. The molecule has 0 aromatic heterocycles. The summed E-state index contributed by atoms with van der Waals surface area (Å²) >= 11 is 0. The van der Waals surface area contributed by atoms with Crippen molar-refractivity contribution in [2.45, 2.75) is 12.8 Å². The van der Waals surface area contributed by atoms with Crippen LogP contribution in [0.3, 0.4) is 0 Å². The molecule has 118 valence electrons. The van der Waals surface area contributed by atoms with Crippen LogP contribution in [0.2, 0.25) is 0 Å². The molecule has 8 heteroatoms. The van der Waals surface area contributed by atoms with Crippen LogP contribution in [0.25, 0.3) is 0 Å². The SMILES string of the molecule is O=P(O)(O)Oc1cc(O)cc(O)c1CCc1ccc(O)cc1. The van der Waals surface area contributed by atoms with Crippen LogP contribution in [0.5, 0.6) is 23.0 Å². The molecule has 0 aliphatic heterocycles. The van der Waals surface area contributed by atoms with Gasteiger partial charge in [-0.15, -0.1) is 0 Å². The van der Waals surface area contributed by atoms with Crippen LogP contribution in [-0.4, -0.2) is 25.1 Å². The maximum Gasteiger partial charge on any atom is 0.524 e. The minimum Gasteiger partial charge on any atom is -0.508 e. The molecule has 22 heavy (non-hydrogen) atoms. The van der Waals surface area contributed by atoms with Crippen LogP contribution in [0, 0.1) is 0 Å². The predicted octanol–water partition coefficient (Wildman–Crippen LogP) is 2.06. The van der Waals surface area contributed by atoms with Gasteiger partial charge in [-0.1, -0.05) is 12.1 Å². The number of phosphoric acid groups is 1. The Morgan fingerprint density at radius 3 is 2.14 bits per heavy atom. The molecule has 0 unspecified atom stereocenters. The van der Waals surface area contributed by atoms with Gasteiger partial charge in [0.2, 0.25) is 0 Å². The zero-order valence-corrected chi connectivity index (χ0v) is 12.3. The molecule has 0 heterocycles. The smallest absolute Gasteiger partial charge is 0.508 e. The number of aromatic hydroxyl groups is 3. The number of hydrogen-bond donors (Lipinski definition) is 5. The molecule has 0 aliphatic carbocycles. The van der Waals surface area contributed by atoms with Crippen LogP contribution in [0.1, 0.15) is 11.1 Å². The second-order valence-corrected chi connectivity index (χ2v) is 5.85. The van der Waals surface area contributed by atoms with Gasteiger partial charge in [0.05, 0.1) is 0 Å². The number of phenolic OH excluding ortho intramolecular Hbond substituents is 3. The third-order valence-corrected chi connectivity index (χ3v) is 3.42. The number of benzene rings is 2. The van der Waals surface area contributed by atoms with Crippen molar-refractivity contribution in [1.82, 2.24) is 0 Å². The van der Waals surface area contributed by atoms with Gasteiger partial charge in [0.25, 0.3) is 0 Å². The van der Waals surface area contributed by atoms with Gasteiger partial charge in [-0.2, -0.15) is 0 Å². The summed E-state index contributed by atoms with van der Waals surface area (Å²) in [6.07, 6.45) is 0.669. The Morgan fingerprint density at radius 2 is 1.55 bits per heavy atom. The quantitative estimate of drug-likeness (QED) is 0.532. The summed E-state index contributed by atoms with van der Waals surface area (Å²) in [6, 6.07) is 8.51. The van der Waals surface area contributed by atoms with Crippen molar-refractivity contribution in [3.8, 4) is 23.0 Å². The summed E-state index contributed by atoms with van der Waals surface area (Å²) in [5.41, 5.74) is 1.03. The monoisotopic (exact) mass is 326 g/mol. The summed E-state index contributed by atoms with van der Waals surface area (Å²) < 4.78 is 15.5. The van der Waals surface area contributed by atoms with Crippen LogP contribution in [0.4, 0.5) is 0 Å². The molecule has 2 rings (SSSR count). The summed E-state index contributed by atoms with van der Waals surface area (Å²) in [7, 11) is -4.81. The maximum absolute atomic E-state index is 11.0. The van der Waals surface area contributed by atoms with E-state index in [1.807, 2.05) is 0 Å².